The number of amides is 3. The highest BCUT2D eigenvalue weighted by atomic mass is 35.5. The van der Waals surface area contributed by atoms with E-state index in [2.05, 4.69) is 20.6 Å². The number of nitrogens with zero attached hydrogens (tertiary/aromatic N) is 2. The van der Waals surface area contributed by atoms with Crippen LogP contribution in [0.2, 0.25) is 5.02 Å². The maximum Gasteiger partial charge on any atom is 0.325 e. The molecule has 0 saturated heterocycles. The van der Waals surface area contributed by atoms with Crippen molar-refractivity contribution in [1.82, 2.24) is 15.3 Å². The molecule has 0 unspecified atom stereocenters. The van der Waals surface area contributed by atoms with Crippen LogP contribution in [-0.2, 0) is 9.53 Å². The van der Waals surface area contributed by atoms with Gasteiger partial charge >= 0.3 is 12.0 Å². The quantitative estimate of drug-likeness (QED) is 0.614. The Hall–Kier alpha value is -2.71. The third-order valence-corrected chi connectivity index (χ3v) is 5.97. The van der Waals surface area contributed by atoms with E-state index in [4.69, 9.17) is 21.1 Å². The second-order valence-corrected chi connectivity index (χ2v) is 8.90. The molecule has 2 saturated carbocycles. The summed E-state index contributed by atoms with van der Waals surface area (Å²) in [7, 11) is 0. The number of carbonyl (C=O) groups excluding carboxylic acids is 2. The molecule has 9 heteroatoms. The van der Waals surface area contributed by atoms with Crippen molar-refractivity contribution in [2.75, 3.05) is 11.9 Å². The van der Waals surface area contributed by atoms with E-state index in [0.29, 0.717) is 16.5 Å². The van der Waals surface area contributed by atoms with Crippen LogP contribution in [0.1, 0.15) is 44.1 Å². The van der Waals surface area contributed by atoms with E-state index in [1.54, 1.807) is 18.2 Å². The van der Waals surface area contributed by atoms with Crippen molar-refractivity contribution in [3.05, 3.63) is 41.2 Å². The Balaban J connectivity index is 1.23. The largest absolute Gasteiger partial charge is 0.424 e. The third-order valence-electron chi connectivity index (χ3n) is 5.78. The van der Waals surface area contributed by atoms with E-state index in [-0.39, 0.29) is 23.9 Å². The third kappa shape index (κ3) is 6.40. The van der Waals surface area contributed by atoms with Crippen LogP contribution >= 0.6 is 11.6 Å². The Morgan fingerprint density at radius 3 is 2.47 bits per heavy atom. The van der Waals surface area contributed by atoms with Crippen LogP contribution in [-0.4, -0.2) is 34.6 Å². The Morgan fingerprint density at radius 1 is 1.09 bits per heavy atom. The summed E-state index contributed by atoms with van der Waals surface area (Å²) in [5, 5.41) is 5.58. The van der Waals surface area contributed by atoms with Crippen LogP contribution in [0.3, 0.4) is 0 Å². The van der Waals surface area contributed by atoms with E-state index in [1.807, 2.05) is 6.92 Å². The number of rotatable bonds is 7. The first kappa shape index (κ1) is 22.5. The number of anilines is 1. The number of aryl methyl sites for hydroxylation is 1. The molecule has 2 aliphatic rings. The number of aromatic nitrogens is 2. The fourth-order valence-corrected chi connectivity index (χ4v) is 3.82. The van der Waals surface area contributed by atoms with Crippen molar-refractivity contribution in [1.29, 1.82) is 0 Å². The Labute approximate surface area is 192 Å². The van der Waals surface area contributed by atoms with Crippen molar-refractivity contribution in [3.8, 4) is 11.8 Å². The number of nitrogens with one attached hydrogen (secondary N) is 2. The summed E-state index contributed by atoms with van der Waals surface area (Å²) >= 11 is 5.78. The van der Waals surface area contributed by atoms with Gasteiger partial charge in [-0.05, 0) is 75.1 Å². The first-order valence-corrected chi connectivity index (χ1v) is 11.3. The van der Waals surface area contributed by atoms with E-state index >= 15 is 0 Å². The summed E-state index contributed by atoms with van der Waals surface area (Å²) in [4.78, 5) is 32.8. The van der Waals surface area contributed by atoms with E-state index in [9.17, 15) is 9.59 Å². The molecular formula is C23H27ClN4O4. The molecule has 1 aromatic heterocycles. The highest BCUT2D eigenvalue weighted by Gasteiger charge is 2.29. The van der Waals surface area contributed by atoms with Gasteiger partial charge in [-0.1, -0.05) is 11.6 Å². The Kier molecular flexibility index (Phi) is 7.22. The van der Waals surface area contributed by atoms with E-state index in [0.717, 1.165) is 43.8 Å². The monoisotopic (exact) mass is 458 g/mol. The van der Waals surface area contributed by atoms with Crippen LogP contribution < -0.4 is 15.4 Å². The van der Waals surface area contributed by atoms with Gasteiger partial charge in [0.05, 0.1) is 23.5 Å². The molecule has 2 fully saturated rings. The highest BCUT2D eigenvalue weighted by molar-refractivity contribution is 6.30. The molecule has 0 bridgehead atoms. The lowest BCUT2D eigenvalue weighted by Crippen LogP contribution is -2.40. The number of benzene rings is 1. The van der Waals surface area contributed by atoms with Gasteiger partial charge in [0.2, 0.25) is 5.91 Å². The fraction of sp³-hybridized carbons (Fsp3) is 0.478. The lowest BCUT2D eigenvalue weighted by molar-refractivity contribution is -0.125. The number of halogens is 1. The fourth-order valence-electron chi connectivity index (χ4n) is 3.72. The molecule has 0 spiro atoms. The second kappa shape index (κ2) is 10.3. The van der Waals surface area contributed by atoms with Gasteiger partial charge in [-0.2, -0.15) is 0 Å². The Morgan fingerprint density at radius 2 is 1.81 bits per heavy atom. The number of ether oxygens (including phenoxy) is 2. The molecule has 2 N–H and O–H groups in total. The first-order chi connectivity index (χ1) is 15.5. The topological polar surface area (TPSA) is 102 Å². The lowest BCUT2D eigenvalue weighted by atomic mass is 9.87. The predicted octanol–water partition coefficient (Wildman–Crippen LogP) is 4.86. The standard InChI is InChI=1S/C23H27ClN4O4/c1-14-10-18(6-9-20(14)32-23-25-11-17(24)12-26-23)27-22(30)28-21(29)16-4-7-19(8-5-16)31-13-15-2-3-15/h6,9-12,15-16,19H,2-5,7-8,13H2,1H3,(H2,27,28,29,30). The van der Waals surface area contributed by atoms with Crippen LogP contribution in [0.15, 0.2) is 30.6 Å². The maximum absolute atomic E-state index is 12.5. The maximum atomic E-state index is 12.5. The molecule has 4 rings (SSSR count). The minimum absolute atomic E-state index is 0.154. The van der Waals surface area contributed by atoms with Crippen LogP contribution in [0.25, 0.3) is 0 Å². The van der Waals surface area contributed by atoms with E-state index < -0.39 is 6.03 Å². The van der Waals surface area contributed by atoms with Gasteiger partial charge in [-0.25, -0.2) is 14.8 Å². The number of urea groups is 1. The van der Waals surface area contributed by atoms with Gasteiger partial charge < -0.3 is 14.8 Å². The summed E-state index contributed by atoms with van der Waals surface area (Å²) in [5.41, 5.74) is 1.33. The molecule has 170 valence electrons. The molecule has 0 radical (unpaired) electrons. The SMILES string of the molecule is Cc1cc(NC(=O)NC(=O)C2CCC(OCC3CC3)CC2)ccc1Oc1ncc(Cl)cn1. The molecule has 1 heterocycles. The summed E-state index contributed by atoms with van der Waals surface area (Å²) < 4.78 is 11.6. The molecule has 32 heavy (non-hydrogen) atoms. The molecule has 0 aliphatic heterocycles. The van der Waals surface area contributed by atoms with Crippen molar-refractivity contribution >= 4 is 29.2 Å². The number of hydrogen-bond donors (Lipinski definition) is 2. The van der Waals surface area contributed by atoms with Crippen molar-refractivity contribution in [2.45, 2.75) is 51.6 Å². The minimum atomic E-state index is -0.545. The molecule has 1 aromatic carbocycles. The summed E-state index contributed by atoms with van der Waals surface area (Å²) in [6.45, 7) is 2.68. The average Bonchev–Trinajstić information content (AvgIpc) is 3.60. The smallest absolute Gasteiger partial charge is 0.325 e. The van der Waals surface area contributed by atoms with Gasteiger partial charge in [-0.3, -0.25) is 10.1 Å². The van der Waals surface area contributed by atoms with Gasteiger partial charge in [0.1, 0.15) is 5.75 Å². The van der Waals surface area contributed by atoms with Gasteiger partial charge in [0.25, 0.3) is 0 Å². The second-order valence-electron chi connectivity index (χ2n) is 8.46. The summed E-state index contributed by atoms with van der Waals surface area (Å²) in [6, 6.07) is 4.77. The molecule has 2 aromatic rings. The highest BCUT2D eigenvalue weighted by Crippen LogP contribution is 2.32. The molecule has 0 atom stereocenters. The number of imide groups is 1. The van der Waals surface area contributed by atoms with Crippen LogP contribution in [0.4, 0.5) is 10.5 Å². The molecule has 2 aliphatic carbocycles. The van der Waals surface area contributed by atoms with Gasteiger partial charge in [0, 0.05) is 18.2 Å². The van der Waals surface area contributed by atoms with Crippen LogP contribution in [0, 0.1) is 18.8 Å². The number of carbonyl (C=O) groups is 2. The zero-order chi connectivity index (χ0) is 22.5. The zero-order valence-corrected chi connectivity index (χ0v) is 18.7. The minimum Gasteiger partial charge on any atom is -0.424 e. The van der Waals surface area contributed by atoms with Crippen molar-refractivity contribution in [2.24, 2.45) is 11.8 Å². The predicted molar refractivity (Wildman–Crippen MR) is 120 cm³/mol. The molecule has 3 amide bonds. The zero-order valence-electron chi connectivity index (χ0n) is 18.0. The van der Waals surface area contributed by atoms with Gasteiger partial charge in [-0.15, -0.1) is 0 Å². The normalized spacial score (nSPS) is 20.4. The Bertz CT molecular complexity index is 957. The average molecular weight is 459 g/mol. The molecular weight excluding hydrogens is 432 g/mol. The van der Waals surface area contributed by atoms with Crippen LogP contribution in [0.5, 0.6) is 11.8 Å². The van der Waals surface area contributed by atoms with E-state index in [1.165, 1.54) is 25.2 Å². The number of hydrogen-bond acceptors (Lipinski definition) is 6. The first-order valence-electron chi connectivity index (χ1n) is 11.0. The van der Waals surface area contributed by atoms with Gasteiger partial charge in [0.15, 0.2) is 0 Å². The molecule has 8 nitrogen and oxygen atoms in total. The summed E-state index contributed by atoms with van der Waals surface area (Å²) in [5.74, 6) is 0.905. The summed E-state index contributed by atoms with van der Waals surface area (Å²) in [6.07, 6.45) is 8.91. The van der Waals surface area contributed by atoms with Crippen molar-refractivity contribution in [3.63, 3.8) is 0 Å². The lowest BCUT2D eigenvalue weighted by Gasteiger charge is -2.27. The van der Waals surface area contributed by atoms with Crippen molar-refractivity contribution < 1.29 is 19.1 Å².